The highest BCUT2D eigenvalue weighted by atomic mass is 16.1. The van der Waals surface area contributed by atoms with Crippen molar-refractivity contribution in [3.05, 3.63) is 0 Å². The Morgan fingerprint density at radius 2 is 1.26 bits per heavy atom. The monoisotopic (exact) mass is 269 g/mol. The summed E-state index contributed by atoms with van der Waals surface area (Å²) >= 11 is 0. The molecule has 0 aromatic rings. The van der Waals surface area contributed by atoms with E-state index in [1.54, 1.807) is 0 Å². The zero-order chi connectivity index (χ0) is 15.6. The van der Waals surface area contributed by atoms with E-state index in [0.29, 0.717) is 0 Å². The molecule has 0 aliphatic rings. The quantitative estimate of drug-likeness (QED) is 0.851. The molecule has 0 spiro atoms. The van der Waals surface area contributed by atoms with Gasteiger partial charge in [0, 0.05) is 22.8 Å². The minimum absolute atomic E-state index is 0.0972. The molecule has 0 heterocycles. The van der Waals surface area contributed by atoms with Crippen LogP contribution in [0.2, 0.25) is 0 Å². The van der Waals surface area contributed by atoms with Gasteiger partial charge in [0.1, 0.15) is 5.78 Å². The Bertz CT molecular complexity index is 337. The van der Waals surface area contributed by atoms with Crippen LogP contribution >= 0.6 is 0 Å². The molecule has 0 radical (unpaired) electrons. The predicted octanol–water partition coefficient (Wildman–Crippen LogP) is 3.36. The van der Waals surface area contributed by atoms with E-state index in [4.69, 9.17) is 0 Å². The molecule has 1 N–H and O–H groups in total. The van der Waals surface area contributed by atoms with Crippen molar-refractivity contribution < 1.29 is 9.59 Å². The van der Waals surface area contributed by atoms with Gasteiger partial charge in [-0.25, -0.2) is 0 Å². The van der Waals surface area contributed by atoms with Crippen LogP contribution in [0.25, 0.3) is 0 Å². The summed E-state index contributed by atoms with van der Waals surface area (Å²) in [7, 11) is 0. The normalized spacial score (nSPS) is 15.2. The maximum Gasteiger partial charge on any atom is 0.155 e. The van der Waals surface area contributed by atoms with E-state index in [-0.39, 0.29) is 23.5 Å². The average molecular weight is 269 g/mol. The summed E-state index contributed by atoms with van der Waals surface area (Å²) in [6.07, 6.45) is 0.261. The van der Waals surface area contributed by atoms with Crippen molar-refractivity contribution in [1.82, 2.24) is 5.32 Å². The van der Waals surface area contributed by atoms with Gasteiger partial charge in [-0.15, -0.1) is 0 Å². The number of ketones is 2. The highest BCUT2D eigenvalue weighted by Gasteiger charge is 2.35. The highest BCUT2D eigenvalue weighted by molar-refractivity contribution is 5.94. The Hall–Kier alpha value is -0.700. The van der Waals surface area contributed by atoms with Crippen molar-refractivity contribution in [2.45, 2.75) is 80.3 Å². The van der Waals surface area contributed by atoms with E-state index >= 15 is 0 Å². The van der Waals surface area contributed by atoms with Gasteiger partial charge in [-0.3, -0.25) is 9.59 Å². The molecular weight excluding hydrogens is 238 g/mol. The fourth-order valence-corrected chi connectivity index (χ4v) is 1.75. The zero-order valence-electron chi connectivity index (χ0n) is 14.1. The molecule has 0 fully saturated rings. The minimum atomic E-state index is -0.443. The van der Waals surface area contributed by atoms with Crippen LogP contribution in [0.4, 0.5) is 0 Å². The van der Waals surface area contributed by atoms with Crippen molar-refractivity contribution in [2.75, 3.05) is 0 Å². The Morgan fingerprint density at radius 1 is 0.842 bits per heavy atom. The van der Waals surface area contributed by atoms with Crippen LogP contribution < -0.4 is 5.32 Å². The summed E-state index contributed by atoms with van der Waals surface area (Å²) in [4.78, 5) is 24.7. The van der Waals surface area contributed by atoms with Gasteiger partial charge < -0.3 is 5.32 Å². The van der Waals surface area contributed by atoms with Gasteiger partial charge in [-0.2, -0.15) is 0 Å². The zero-order valence-corrected chi connectivity index (χ0v) is 14.1. The van der Waals surface area contributed by atoms with Crippen LogP contribution in [0.5, 0.6) is 0 Å². The average Bonchev–Trinajstić information content (AvgIpc) is 2.10. The number of carbonyl (C=O) groups excluding carboxylic acids is 2. The van der Waals surface area contributed by atoms with Crippen LogP contribution in [0.1, 0.15) is 68.7 Å². The standard InChI is InChI=1S/C16H31NO2/c1-14(2,3)12(18)10-11(17-16(7,8)9)13(19)15(4,5)6/h11,17H,10H2,1-9H3. The summed E-state index contributed by atoms with van der Waals surface area (Å²) in [6, 6.07) is -0.410. The van der Waals surface area contributed by atoms with Crippen LogP contribution in [0, 0.1) is 10.8 Å². The lowest BCUT2D eigenvalue weighted by atomic mass is 9.80. The van der Waals surface area contributed by atoms with Crippen molar-refractivity contribution in [3.63, 3.8) is 0 Å². The van der Waals surface area contributed by atoms with Crippen molar-refractivity contribution in [2.24, 2.45) is 10.8 Å². The SMILES string of the molecule is CC(C)(C)NC(CC(=O)C(C)(C)C)C(=O)C(C)(C)C. The second kappa shape index (κ2) is 5.74. The summed E-state index contributed by atoms with van der Waals surface area (Å²) in [5.74, 6) is 0.215. The third-order valence-corrected chi connectivity index (χ3v) is 2.89. The van der Waals surface area contributed by atoms with Crippen LogP contribution in [-0.4, -0.2) is 23.1 Å². The van der Waals surface area contributed by atoms with Gasteiger partial charge in [0.25, 0.3) is 0 Å². The van der Waals surface area contributed by atoms with Gasteiger partial charge in [0.05, 0.1) is 6.04 Å². The second-order valence-electron chi connectivity index (χ2n) is 8.44. The molecule has 19 heavy (non-hydrogen) atoms. The molecule has 0 aliphatic carbocycles. The molecule has 0 aliphatic heterocycles. The molecule has 0 amide bonds. The number of carbonyl (C=O) groups is 2. The molecule has 0 aromatic heterocycles. The molecule has 0 aromatic carbocycles. The Balaban J connectivity index is 5.10. The van der Waals surface area contributed by atoms with Crippen molar-refractivity contribution in [1.29, 1.82) is 0 Å². The topological polar surface area (TPSA) is 46.2 Å². The van der Waals surface area contributed by atoms with Gasteiger partial charge in [0.2, 0.25) is 0 Å². The van der Waals surface area contributed by atoms with Crippen LogP contribution in [0.15, 0.2) is 0 Å². The number of Topliss-reactive ketones (excluding diaryl/α,β-unsaturated/α-hetero) is 2. The molecule has 3 nitrogen and oxygen atoms in total. The van der Waals surface area contributed by atoms with Gasteiger partial charge in [0.15, 0.2) is 5.78 Å². The first-order valence-corrected chi connectivity index (χ1v) is 7.00. The molecule has 0 saturated carbocycles. The van der Waals surface area contributed by atoms with E-state index in [1.807, 2.05) is 62.3 Å². The largest absolute Gasteiger partial charge is 0.302 e. The van der Waals surface area contributed by atoms with Gasteiger partial charge in [-0.1, -0.05) is 41.5 Å². The summed E-state index contributed by atoms with van der Waals surface area (Å²) in [5, 5.41) is 3.30. The smallest absolute Gasteiger partial charge is 0.155 e. The molecular formula is C16H31NO2. The first kappa shape index (κ1) is 18.3. The van der Waals surface area contributed by atoms with Crippen LogP contribution in [-0.2, 0) is 9.59 Å². The number of hydrogen-bond donors (Lipinski definition) is 1. The number of rotatable bonds is 4. The van der Waals surface area contributed by atoms with Crippen molar-refractivity contribution >= 4 is 11.6 Å². The van der Waals surface area contributed by atoms with E-state index in [9.17, 15) is 9.59 Å². The molecule has 1 atom stereocenters. The summed E-state index contributed by atoms with van der Waals surface area (Å²) in [6.45, 7) is 17.4. The van der Waals surface area contributed by atoms with Crippen molar-refractivity contribution in [3.8, 4) is 0 Å². The molecule has 0 saturated heterocycles. The third-order valence-electron chi connectivity index (χ3n) is 2.89. The Kier molecular flexibility index (Phi) is 5.53. The lowest BCUT2D eigenvalue weighted by molar-refractivity contribution is -0.134. The minimum Gasteiger partial charge on any atom is -0.302 e. The first-order chi connectivity index (χ1) is 8.14. The molecule has 0 rings (SSSR count). The Morgan fingerprint density at radius 3 is 1.53 bits per heavy atom. The van der Waals surface area contributed by atoms with Crippen LogP contribution in [0.3, 0.4) is 0 Å². The summed E-state index contributed by atoms with van der Waals surface area (Å²) < 4.78 is 0. The lowest BCUT2D eigenvalue weighted by Crippen LogP contribution is -2.52. The molecule has 3 heteroatoms. The Labute approximate surface area is 118 Å². The fourth-order valence-electron chi connectivity index (χ4n) is 1.75. The van der Waals surface area contributed by atoms with E-state index in [0.717, 1.165) is 0 Å². The second-order valence-corrected chi connectivity index (χ2v) is 8.44. The van der Waals surface area contributed by atoms with E-state index in [1.165, 1.54) is 0 Å². The summed E-state index contributed by atoms with van der Waals surface area (Å²) in [5.41, 5.74) is -1.04. The first-order valence-electron chi connectivity index (χ1n) is 7.00. The highest BCUT2D eigenvalue weighted by Crippen LogP contribution is 2.24. The maximum atomic E-state index is 12.5. The fraction of sp³-hybridized carbons (Fsp3) is 0.875. The maximum absolute atomic E-state index is 12.5. The molecule has 1 unspecified atom stereocenters. The number of nitrogens with one attached hydrogen (secondary N) is 1. The van der Waals surface area contributed by atoms with Gasteiger partial charge >= 0.3 is 0 Å². The molecule has 112 valence electrons. The van der Waals surface area contributed by atoms with E-state index < -0.39 is 16.9 Å². The lowest BCUT2D eigenvalue weighted by Gasteiger charge is -2.32. The molecule has 0 bridgehead atoms. The van der Waals surface area contributed by atoms with E-state index in [2.05, 4.69) is 5.32 Å². The number of hydrogen-bond acceptors (Lipinski definition) is 3. The third kappa shape index (κ3) is 6.86. The van der Waals surface area contributed by atoms with Gasteiger partial charge in [-0.05, 0) is 20.8 Å². The predicted molar refractivity (Wildman–Crippen MR) is 80.2 cm³/mol.